The van der Waals surface area contributed by atoms with Gasteiger partial charge in [0.15, 0.2) is 5.75 Å². The van der Waals surface area contributed by atoms with Gasteiger partial charge in [-0.15, -0.1) is 0 Å². The molecular formula is C16H24ClN3O4S. The highest BCUT2D eigenvalue weighted by Gasteiger charge is 2.37. The van der Waals surface area contributed by atoms with E-state index in [1.807, 2.05) is 6.92 Å². The topological polar surface area (TPSA) is 92.9 Å². The van der Waals surface area contributed by atoms with Crippen LogP contribution in [0.1, 0.15) is 23.7 Å². The van der Waals surface area contributed by atoms with Crippen LogP contribution in [0.4, 0.5) is 0 Å². The molecule has 1 aliphatic heterocycles. The van der Waals surface area contributed by atoms with Crippen molar-refractivity contribution < 1.29 is 17.9 Å². The zero-order valence-electron chi connectivity index (χ0n) is 14.8. The van der Waals surface area contributed by atoms with E-state index in [2.05, 4.69) is 0 Å². The van der Waals surface area contributed by atoms with E-state index in [9.17, 15) is 13.2 Å². The van der Waals surface area contributed by atoms with Crippen LogP contribution < -0.4 is 10.5 Å². The Labute approximate surface area is 153 Å². The highest BCUT2D eigenvalue weighted by Crippen LogP contribution is 2.36. The summed E-state index contributed by atoms with van der Waals surface area (Å²) in [5.74, 6) is -0.277. The van der Waals surface area contributed by atoms with Crippen LogP contribution >= 0.6 is 11.6 Å². The molecule has 25 heavy (non-hydrogen) atoms. The van der Waals surface area contributed by atoms with E-state index in [0.717, 1.165) is 0 Å². The first-order chi connectivity index (χ1) is 11.6. The minimum absolute atomic E-state index is 0.00680. The average Bonchev–Trinajstić information content (AvgIpc) is 3.04. The highest BCUT2D eigenvalue weighted by atomic mass is 35.5. The maximum atomic E-state index is 13.1. The van der Waals surface area contributed by atoms with Gasteiger partial charge in [0.25, 0.3) is 5.91 Å². The van der Waals surface area contributed by atoms with Gasteiger partial charge in [-0.3, -0.25) is 4.79 Å². The summed E-state index contributed by atoms with van der Waals surface area (Å²) in [5.41, 5.74) is 6.01. The summed E-state index contributed by atoms with van der Waals surface area (Å²) < 4.78 is 32.9. The Balaban J connectivity index is 2.53. The van der Waals surface area contributed by atoms with E-state index in [1.54, 1.807) is 14.1 Å². The lowest BCUT2D eigenvalue weighted by molar-refractivity contribution is 0.0823. The van der Waals surface area contributed by atoms with Crippen molar-refractivity contribution in [2.75, 3.05) is 34.3 Å². The van der Waals surface area contributed by atoms with Gasteiger partial charge in [-0.1, -0.05) is 11.6 Å². The van der Waals surface area contributed by atoms with E-state index in [-0.39, 0.29) is 39.1 Å². The lowest BCUT2D eigenvalue weighted by Crippen LogP contribution is -2.33. The third kappa shape index (κ3) is 3.92. The van der Waals surface area contributed by atoms with Crippen LogP contribution in [-0.2, 0) is 10.0 Å². The first-order valence-corrected chi connectivity index (χ1v) is 9.76. The number of methoxy groups -OCH3 is 1. The first-order valence-electron chi connectivity index (χ1n) is 7.94. The number of rotatable bonds is 5. The average molecular weight is 390 g/mol. The van der Waals surface area contributed by atoms with Crippen LogP contribution in [0.2, 0.25) is 5.02 Å². The van der Waals surface area contributed by atoms with Crippen LogP contribution in [0, 0.1) is 5.92 Å². The first kappa shape index (κ1) is 20.0. The molecule has 140 valence electrons. The molecule has 0 radical (unpaired) electrons. The molecule has 2 N–H and O–H groups in total. The standard InChI is InChI=1S/C16H24ClN3O4S/c1-10(18)11-5-6-20(9-11)25(22,23)14-8-12(17)7-13(15(14)24-4)16(21)19(2)3/h7-8,10-11H,5-6,9,18H2,1-4H3. The van der Waals surface area contributed by atoms with E-state index in [4.69, 9.17) is 22.1 Å². The number of nitrogens with two attached hydrogens (primary N) is 1. The fourth-order valence-electron chi connectivity index (χ4n) is 2.91. The van der Waals surface area contributed by atoms with E-state index >= 15 is 0 Å². The fraction of sp³-hybridized carbons (Fsp3) is 0.562. The van der Waals surface area contributed by atoms with E-state index < -0.39 is 10.0 Å². The second-order valence-electron chi connectivity index (χ2n) is 6.46. The predicted octanol–water partition coefficient (Wildman–Crippen LogP) is 1.41. The van der Waals surface area contributed by atoms with Gasteiger partial charge in [-0.05, 0) is 31.4 Å². The molecule has 0 aromatic heterocycles. The lowest BCUT2D eigenvalue weighted by Gasteiger charge is -2.21. The number of sulfonamides is 1. The third-order valence-electron chi connectivity index (χ3n) is 4.41. The van der Waals surface area contributed by atoms with Crippen molar-refractivity contribution in [3.05, 3.63) is 22.7 Å². The number of hydrogen-bond acceptors (Lipinski definition) is 5. The Morgan fingerprint density at radius 1 is 1.44 bits per heavy atom. The Hall–Kier alpha value is -1.35. The summed E-state index contributed by atoms with van der Waals surface area (Å²) in [6.07, 6.45) is 0.698. The SMILES string of the molecule is COc1c(C(=O)N(C)C)cc(Cl)cc1S(=O)(=O)N1CCC(C(C)N)C1. The Kier molecular flexibility index (Phi) is 5.98. The molecule has 2 rings (SSSR count). The molecule has 1 aromatic rings. The minimum Gasteiger partial charge on any atom is -0.494 e. The van der Waals surface area contributed by atoms with E-state index in [1.165, 1.54) is 28.4 Å². The molecule has 1 saturated heterocycles. The molecule has 1 fully saturated rings. The van der Waals surface area contributed by atoms with Crippen molar-refractivity contribution in [1.82, 2.24) is 9.21 Å². The molecule has 1 amide bonds. The van der Waals surface area contributed by atoms with Gasteiger partial charge in [0.05, 0.1) is 12.7 Å². The van der Waals surface area contributed by atoms with Crippen molar-refractivity contribution >= 4 is 27.5 Å². The summed E-state index contributed by atoms with van der Waals surface area (Å²) >= 11 is 6.09. The molecule has 1 aromatic carbocycles. The van der Waals surface area contributed by atoms with Crippen molar-refractivity contribution in [2.24, 2.45) is 11.7 Å². The van der Waals surface area contributed by atoms with Gasteiger partial charge < -0.3 is 15.4 Å². The number of carbonyl (C=O) groups is 1. The summed E-state index contributed by atoms with van der Waals surface area (Å²) in [6.45, 7) is 2.59. The summed E-state index contributed by atoms with van der Waals surface area (Å²) in [6, 6.07) is 2.64. The molecule has 2 unspecified atom stereocenters. The number of hydrogen-bond donors (Lipinski definition) is 1. The molecule has 0 saturated carbocycles. The number of amides is 1. The van der Waals surface area contributed by atoms with Gasteiger partial charge in [-0.2, -0.15) is 4.31 Å². The molecule has 2 atom stereocenters. The Morgan fingerprint density at radius 2 is 2.08 bits per heavy atom. The smallest absolute Gasteiger partial charge is 0.257 e. The summed E-state index contributed by atoms with van der Waals surface area (Å²) in [5, 5.41) is 0.160. The van der Waals surface area contributed by atoms with Gasteiger partial charge >= 0.3 is 0 Å². The van der Waals surface area contributed by atoms with Crippen LogP contribution in [0.5, 0.6) is 5.75 Å². The molecule has 0 bridgehead atoms. The molecule has 1 aliphatic rings. The van der Waals surface area contributed by atoms with Crippen molar-refractivity contribution in [2.45, 2.75) is 24.3 Å². The largest absolute Gasteiger partial charge is 0.494 e. The third-order valence-corrected chi connectivity index (χ3v) is 6.50. The predicted molar refractivity (Wildman–Crippen MR) is 96.5 cm³/mol. The Bertz CT molecular complexity index is 765. The summed E-state index contributed by atoms with van der Waals surface area (Å²) in [4.78, 5) is 13.6. The monoisotopic (exact) mass is 389 g/mol. The highest BCUT2D eigenvalue weighted by molar-refractivity contribution is 7.89. The number of benzene rings is 1. The lowest BCUT2D eigenvalue weighted by atomic mass is 10.0. The van der Waals surface area contributed by atoms with Crippen LogP contribution in [0.25, 0.3) is 0 Å². The van der Waals surface area contributed by atoms with E-state index in [0.29, 0.717) is 19.5 Å². The van der Waals surface area contributed by atoms with Gasteiger partial charge in [0.1, 0.15) is 4.90 Å². The molecule has 0 spiro atoms. The van der Waals surface area contributed by atoms with Crippen LogP contribution in [0.3, 0.4) is 0 Å². The molecular weight excluding hydrogens is 366 g/mol. The number of carbonyl (C=O) groups excluding carboxylic acids is 1. The fourth-order valence-corrected chi connectivity index (χ4v) is 4.91. The van der Waals surface area contributed by atoms with Crippen molar-refractivity contribution in [3.63, 3.8) is 0 Å². The van der Waals surface area contributed by atoms with Crippen LogP contribution in [-0.4, -0.2) is 63.9 Å². The van der Waals surface area contributed by atoms with Crippen LogP contribution in [0.15, 0.2) is 17.0 Å². The zero-order chi connectivity index (χ0) is 18.9. The second-order valence-corrected chi connectivity index (χ2v) is 8.80. The van der Waals surface area contributed by atoms with Gasteiger partial charge in [0, 0.05) is 38.2 Å². The maximum absolute atomic E-state index is 13.1. The Morgan fingerprint density at radius 3 is 2.56 bits per heavy atom. The molecule has 0 aliphatic carbocycles. The minimum atomic E-state index is -3.85. The quantitative estimate of drug-likeness (QED) is 0.821. The molecule has 9 heteroatoms. The van der Waals surface area contributed by atoms with Crippen molar-refractivity contribution in [1.29, 1.82) is 0 Å². The summed E-state index contributed by atoms with van der Waals surface area (Å²) in [7, 11) is 0.630. The molecule has 1 heterocycles. The van der Waals surface area contributed by atoms with Crippen molar-refractivity contribution in [3.8, 4) is 5.75 Å². The van der Waals surface area contributed by atoms with Gasteiger partial charge in [0.2, 0.25) is 10.0 Å². The second kappa shape index (κ2) is 7.49. The normalized spacial score (nSPS) is 19.7. The number of halogens is 1. The zero-order valence-corrected chi connectivity index (χ0v) is 16.4. The van der Waals surface area contributed by atoms with Gasteiger partial charge in [-0.25, -0.2) is 8.42 Å². The molecule has 7 nitrogen and oxygen atoms in total. The maximum Gasteiger partial charge on any atom is 0.257 e. The number of nitrogens with zero attached hydrogens (tertiary/aromatic N) is 2. The number of ether oxygens (including phenoxy) is 1.